The lowest BCUT2D eigenvalue weighted by molar-refractivity contribution is 0.646. The van der Waals surface area contributed by atoms with Gasteiger partial charge in [0, 0.05) is 6.04 Å². The molecule has 0 fully saturated rings. The third-order valence-electron chi connectivity index (χ3n) is 3.63. The summed E-state index contributed by atoms with van der Waals surface area (Å²) in [6, 6.07) is 21.8. The molecule has 0 bridgehead atoms. The van der Waals surface area contributed by atoms with Crippen LogP contribution in [0.4, 0.5) is 0 Å². The van der Waals surface area contributed by atoms with Crippen LogP contribution in [-0.2, 0) is 12.8 Å². The highest BCUT2D eigenvalue weighted by molar-refractivity contribution is 5.80. The highest BCUT2D eigenvalue weighted by Crippen LogP contribution is 2.06. The van der Waals surface area contributed by atoms with Crippen molar-refractivity contribution in [2.75, 3.05) is 0 Å². The Morgan fingerprint density at radius 2 is 1.36 bits per heavy atom. The molecule has 0 saturated heterocycles. The van der Waals surface area contributed by atoms with Crippen molar-refractivity contribution in [1.29, 1.82) is 0 Å². The smallest absolute Gasteiger partial charge is 0.0937 e. The van der Waals surface area contributed by atoms with Crippen LogP contribution < -0.4 is 5.32 Å². The van der Waals surface area contributed by atoms with Crippen molar-refractivity contribution >= 4 is 5.84 Å². The fourth-order valence-corrected chi connectivity index (χ4v) is 2.74. The van der Waals surface area contributed by atoms with Crippen molar-refractivity contribution in [2.24, 2.45) is 4.99 Å². The van der Waals surface area contributed by atoms with E-state index in [0.717, 1.165) is 18.7 Å². The Hall–Kier alpha value is -2.09. The van der Waals surface area contributed by atoms with E-state index >= 15 is 0 Å². The van der Waals surface area contributed by atoms with Crippen LogP contribution in [0.25, 0.3) is 0 Å². The van der Waals surface area contributed by atoms with Crippen LogP contribution >= 0.6 is 0 Å². The Labute approximate surface area is 134 Å². The van der Waals surface area contributed by atoms with Gasteiger partial charge >= 0.3 is 0 Å². The zero-order valence-corrected chi connectivity index (χ0v) is 13.8. The molecule has 0 spiro atoms. The molecule has 116 valence electrons. The number of hydrogen-bond donors (Lipinski definition) is 1. The van der Waals surface area contributed by atoms with Crippen LogP contribution in [-0.4, -0.2) is 17.9 Å². The van der Waals surface area contributed by atoms with Gasteiger partial charge in [0.15, 0.2) is 0 Å². The maximum atomic E-state index is 4.76. The summed E-state index contributed by atoms with van der Waals surface area (Å²) in [6.45, 7) is 6.43. The van der Waals surface area contributed by atoms with Crippen LogP contribution in [0.1, 0.15) is 31.9 Å². The minimum Gasteiger partial charge on any atom is -0.371 e. The molecule has 2 aromatic rings. The highest BCUT2D eigenvalue weighted by atomic mass is 15.0. The van der Waals surface area contributed by atoms with E-state index in [0.29, 0.717) is 12.1 Å². The van der Waals surface area contributed by atoms with Crippen LogP contribution in [0, 0.1) is 0 Å². The van der Waals surface area contributed by atoms with Crippen molar-refractivity contribution in [2.45, 2.75) is 45.7 Å². The van der Waals surface area contributed by atoms with E-state index < -0.39 is 0 Å². The third kappa shape index (κ3) is 5.72. The summed E-state index contributed by atoms with van der Waals surface area (Å²) < 4.78 is 0. The molecule has 2 atom stereocenters. The molecule has 0 aliphatic carbocycles. The van der Waals surface area contributed by atoms with E-state index in [4.69, 9.17) is 4.99 Å². The summed E-state index contributed by atoms with van der Waals surface area (Å²) in [5, 5.41) is 3.50. The molecule has 1 N–H and O–H groups in total. The molecule has 2 rings (SSSR count). The number of aliphatic imine (C=N–C) groups is 1. The van der Waals surface area contributed by atoms with Crippen molar-refractivity contribution in [3.8, 4) is 0 Å². The number of nitrogens with one attached hydrogen (secondary N) is 1. The maximum absolute atomic E-state index is 4.76. The van der Waals surface area contributed by atoms with Crippen LogP contribution in [0.2, 0.25) is 0 Å². The van der Waals surface area contributed by atoms with E-state index in [2.05, 4.69) is 86.8 Å². The average Bonchev–Trinajstić information content (AvgIpc) is 2.48. The summed E-state index contributed by atoms with van der Waals surface area (Å²) in [7, 11) is 0. The molecule has 0 radical (unpaired) electrons. The maximum Gasteiger partial charge on any atom is 0.0937 e. The summed E-state index contributed by atoms with van der Waals surface area (Å²) in [5.74, 6) is 1.02. The Bertz CT molecular complexity index is 575. The van der Waals surface area contributed by atoms with Crippen LogP contribution in [0.5, 0.6) is 0 Å². The van der Waals surface area contributed by atoms with Crippen molar-refractivity contribution in [1.82, 2.24) is 5.32 Å². The van der Waals surface area contributed by atoms with Gasteiger partial charge in [-0.25, -0.2) is 0 Å². The normalized spacial score (nSPS) is 14.4. The Morgan fingerprint density at radius 1 is 0.864 bits per heavy atom. The third-order valence-corrected chi connectivity index (χ3v) is 3.63. The van der Waals surface area contributed by atoms with Gasteiger partial charge in [0.25, 0.3) is 0 Å². The van der Waals surface area contributed by atoms with Gasteiger partial charge in [-0.2, -0.15) is 0 Å². The second-order valence-electron chi connectivity index (χ2n) is 5.99. The molecular formula is C20H26N2. The quantitative estimate of drug-likeness (QED) is 0.625. The lowest BCUT2D eigenvalue weighted by atomic mass is 10.1. The number of benzene rings is 2. The van der Waals surface area contributed by atoms with Gasteiger partial charge in [-0.3, -0.25) is 4.99 Å². The minimum absolute atomic E-state index is 0.291. The van der Waals surface area contributed by atoms with E-state index in [9.17, 15) is 0 Å². The van der Waals surface area contributed by atoms with E-state index in [1.165, 1.54) is 11.1 Å². The van der Waals surface area contributed by atoms with Crippen molar-refractivity contribution in [3.05, 3.63) is 71.8 Å². The predicted octanol–water partition coefficient (Wildman–Crippen LogP) is 4.26. The lowest BCUT2D eigenvalue weighted by Crippen LogP contribution is -2.33. The zero-order valence-electron chi connectivity index (χ0n) is 13.8. The first-order valence-corrected chi connectivity index (χ1v) is 8.02. The molecule has 22 heavy (non-hydrogen) atoms. The molecule has 2 aromatic carbocycles. The Morgan fingerprint density at radius 3 is 1.91 bits per heavy atom. The largest absolute Gasteiger partial charge is 0.371 e. The first-order chi connectivity index (χ1) is 10.6. The second kappa shape index (κ2) is 8.38. The van der Waals surface area contributed by atoms with E-state index in [1.807, 2.05) is 0 Å². The van der Waals surface area contributed by atoms with Crippen LogP contribution in [0.3, 0.4) is 0 Å². The first-order valence-electron chi connectivity index (χ1n) is 8.02. The van der Waals surface area contributed by atoms with Crippen molar-refractivity contribution in [3.63, 3.8) is 0 Å². The Kier molecular flexibility index (Phi) is 6.20. The predicted molar refractivity (Wildman–Crippen MR) is 95.5 cm³/mol. The number of nitrogens with zero attached hydrogens (tertiary/aromatic N) is 1. The summed E-state index contributed by atoms with van der Waals surface area (Å²) in [4.78, 5) is 4.76. The fraction of sp³-hybridized carbons (Fsp3) is 0.350. The van der Waals surface area contributed by atoms with Gasteiger partial charge < -0.3 is 5.32 Å². The van der Waals surface area contributed by atoms with Gasteiger partial charge in [-0.15, -0.1) is 0 Å². The van der Waals surface area contributed by atoms with Crippen LogP contribution in [0.15, 0.2) is 65.7 Å². The molecule has 0 amide bonds. The van der Waals surface area contributed by atoms with Crippen molar-refractivity contribution < 1.29 is 0 Å². The fourth-order valence-electron chi connectivity index (χ4n) is 2.74. The monoisotopic (exact) mass is 294 g/mol. The Balaban J connectivity index is 1.83. The molecule has 0 aliphatic rings. The SMILES string of the molecule is CC(=NC(C)Cc1ccccc1)NC(C)Cc1ccccc1. The number of rotatable bonds is 6. The number of hydrogen-bond acceptors (Lipinski definition) is 1. The van der Waals surface area contributed by atoms with Gasteiger partial charge in [0.1, 0.15) is 0 Å². The van der Waals surface area contributed by atoms with E-state index in [1.54, 1.807) is 0 Å². The molecule has 2 unspecified atom stereocenters. The molecule has 0 aromatic heterocycles. The van der Waals surface area contributed by atoms with E-state index in [-0.39, 0.29) is 0 Å². The minimum atomic E-state index is 0.291. The zero-order chi connectivity index (χ0) is 15.8. The summed E-state index contributed by atoms with van der Waals surface area (Å²) in [5.41, 5.74) is 2.69. The average molecular weight is 294 g/mol. The molecule has 0 heterocycles. The van der Waals surface area contributed by atoms with Gasteiger partial charge in [0.2, 0.25) is 0 Å². The van der Waals surface area contributed by atoms with Gasteiger partial charge in [-0.1, -0.05) is 60.7 Å². The molecule has 0 aliphatic heterocycles. The molecule has 0 saturated carbocycles. The topological polar surface area (TPSA) is 24.4 Å². The standard InChI is InChI=1S/C20H26N2/c1-16(14-19-10-6-4-7-11-19)21-18(3)22-17(2)15-20-12-8-5-9-13-20/h4-13,16-17H,14-15H2,1-3H3,(H,21,22). The molecule has 2 nitrogen and oxygen atoms in total. The molecule has 2 heteroatoms. The van der Waals surface area contributed by atoms with Gasteiger partial charge in [-0.05, 0) is 44.7 Å². The summed E-state index contributed by atoms with van der Waals surface area (Å²) >= 11 is 0. The van der Waals surface area contributed by atoms with Gasteiger partial charge in [0.05, 0.1) is 11.9 Å². The lowest BCUT2D eigenvalue weighted by Gasteiger charge is -2.16. The highest BCUT2D eigenvalue weighted by Gasteiger charge is 2.06. The number of amidine groups is 1. The molecular weight excluding hydrogens is 268 g/mol. The first kappa shape index (κ1) is 16.3. The summed E-state index contributed by atoms with van der Waals surface area (Å²) in [6.07, 6.45) is 1.99. The second-order valence-corrected chi connectivity index (χ2v) is 5.99.